The first-order valence-corrected chi connectivity index (χ1v) is 14.7. The molecular formula is C34H39N5O4. The van der Waals surface area contributed by atoms with Gasteiger partial charge in [-0.25, -0.2) is 5.84 Å². The SMILES string of the molecule is CCOc1cc([C@@H](C(=O)N2CCC[C@@H]2c2cccc(NC(C)=O)c2)N(N)c2ccc3cnccc3c2)ccc1OC(C)C. The molecule has 0 saturated carbocycles. The zero-order valence-electron chi connectivity index (χ0n) is 25.1. The highest BCUT2D eigenvalue weighted by molar-refractivity contribution is 5.90. The van der Waals surface area contributed by atoms with E-state index in [-0.39, 0.29) is 24.0 Å². The number of aromatic nitrogens is 1. The normalized spacial score (nSPS) is 15.4. The molecule has 0 aliphatic carbocycles. The van der Waals surface area contributed by atoms with Gasteiger partial charge in [-0.1, -0.05) is 24.3 Å². The molecule has 2 amide bonds. The van der Waals surface area contributed by atoms with Crippen molar-refractivity contribution in [2.75, 3.05) is 23.5 Å². The van der Waals surface area contributed by atoms with Crippen LogP contribution in [0.1, 0.15) is 63.7 Å². The molecule has 9 nitrogen and oxygen atoms in total. The van der Waals surface area contributed by atoms with E-state index in [1.54, 1.807) is 17.4 Å². The highest BCUT2D eigenvalue weighted by Crippen LogP contribution is 2.39. The molecule has 2 heterocycles. The van der Waals surface area contributed by atoms with Crippen LogP contribution in [0.5, 0.6) is 11.5 Å². The standard InChI is InChI=1S/C34H39N5O4/c1-5-42-32-20-26(12-14-31(32)43-22(2)3)33(39(35)29-13-11-27-21-36-16-15-24(27)19-29)34(41)38-17-7-10-30(38)25-8-6-9-28(18-25)37-23(4)40/h6,8-9,11-16,18-22,30,33H,5,7,10,17,35H2,1-4H3,(H,37,40)/t30-,33+/m1/s1. The Labute approximate surface area is 252 Å². The molecule has 43 heavy (non-hydrogen) atoms. The third kappa shape index (κ3) is 6.73. The first-order chi connectivity index (χ1) is 20.7. The van der Waals surface area contributed by atoms with E-state index in [2.05, 4.69) is 10.3 Å². The van der Waals surface area contributed by atoms with Crippen LogP contribution in [0.3, 0.4) is 0 Å². The molecule has 1 fully saturated rings. The van der Waals surface area contributed by atoms with Crippen molar-refractivity contribution in [1.82, 2.24) is 9.88 Å². The Morgan fingerprint density at radius 3 is 2.67 bits per heavy atom. The van der Waals surface area contributed by atoms with Gasteiger partial charge in [-0.3, -0.25) is 19.6 Å². The summed E-state index contributed by atoms with van der Waals surface area (Å²) >= 11 is 0. The summed E-state index contributed by atoms with van der Waals surface area (Å²) in [5.74, 6) is 7.80. The van der Waals surface area contributed by atoms with Crippen molar-refractivity contribution in [3.8, 4) is 11.5 Å². The number of hydrazine groups is 1. The second-order valence-corrected chi connectivity index (χ2v) is 11.0. The zero-order valence-corrected chi connectivity index (χ0v) is 25.1. The van der Waals surface area contributed by atoms with E-state index >= 15 is 0 Å². The minimum absolute atomic E-state index is 0.0424. The van der Waals surface area contributed by atoms with Gasteiger partial charge >= 0.3 is 0 Å². The topological polar surface area (TPSA) is 110 Å². The monoisotopic (exact) mass is 581 g/mol. The summed E-state index contributed by atoms with van der Waals surface area (Å²) in [6.07, 6.45) is 5.15. The molecule has 1 aliphatic heterocycles. The van der Waals surface area contributed by atoms with Crippen LogP contribution >= 0.6 is 0 Å². The molecule has 0 unspecified atom stereocenters. The fourth-order valence-corrected chi connectivity index (χ4v) is 5.68. The molecule has 4 aromatic rings. The molecule has 5 rings (SSSR count). The lowest BCUT2D eigenvalue weighted by atomic mass is 10.00. The molecule has 0 bridgehead atoms. The van der Waals surface area contributed by atoms with Crippen LogP contribution < -0.4 is 25.6 Å². The number of carbonyl (C=O) groups is 2. The molecule has 224 valence electrons. The summed E-state index contributed by atoms with van der Waals surface area (Å²) in [5, 5.41) is 6.35. The van der Waals surface area contributed by atoms with Gasteiger partial charge in [0.15, 0.2) is 11.5 Å². The van der Waals surface area contributed by atoms with Crippen LogP contribution in [0, 0.1) is 0 Å². The van der Waals surface area contributed by atoms with Crippen LogP contribution in [-0.4, -0.2) is 41.0 Å². The average molecular weight is 582 g/mol. The van der Waals surface area contributed by atoms with Gasteiger partial charge in [0, 0.05) is 36.9 Å². The molecule has 3 aromatic carbocycles. The molecule has 9 heteroatoms. The number of fused-ring (bicyclic) bond motifs is 1. The number of benzene rings is 3. The number of pyridine rings is 1. The van der Waals surface area contributed by atoms with Crippen molar-refractivity contribution in [2.45, 2.75) is 58.7 Å². The number of likely N-dealkylation sites (tertiary alicyclic amines) is 1. The van der Waals surface area contributed by atoms with E-state index in [4.69, 9.17) is 15.3 Å². The quantitative estimate of drug-likeness (QED) is 0.170. The van der Waals surface area contributed by atoms with Crippen molar-refractivity contribution in [2.24, 2.45) is 5.84 Å². The van der Waals surface area contributed by atoms with Crippen LogP contribution in [0.4, 0.5) is 11.4 Å². The lowest BCUT2D eigenvalue weighted by Gasteiger charge is -2.35. The lowest BCUT2D eigenvalue weighted by Crippen LogP contribution is -2.46. The van der Waals surface area contributed by atoms with Gasteiger partial charge in [0.2, 0.25) is 5.91 Å². The number of amides is 2. The van der Waals surface area contributed by atoms with E-state index < -0.39 is 6.04 Å². The number of hydrogen-bond acceptors (Lipinski definition) is 7. The van der Waals surface area contributed by atoms with Crippen LogP contribution in [0.25, 0.3) is 10.8 Å². The smallest absolute Gasteiger partial charge is 0.251 e. The summed E-state index contributed by atoms with van der Waals surface area (Å²) in [5.41, 5.74) is 3.06. The van der Waals surface area contributed by atoms with Gasteiger partial charge in [-0.05, 0) is 92.6 Å². The lowest BCUT2D eigenvalue weighted by molar-refractivity contribution is -0.133. The van der Waals surface area contributed by atoms with E-state index in [0.717, 1.165) is 29.2 Å². The second kappa shape index (κ2) is 13.1. The fourth-order valence-electron chi connectivity index (χ4n) is 5.68. The highest BCUT2D eigenvalue weighted by Gasteiger charge is 2.38. The van der Waals surface area contributed by atoms with E-state index in [0.29, 0.717) is 41.6 Å². The summed E-state index contributed by atoms with van der Waals surface area (Å²) in [7, 11) is 0. The largest absolute Gasteiger partial charge is 0.490 e. The first kappa shape index (κ1) is 29.8. The maximum atomic E-state index is 14.7. The summed E-state index contributed by atoms with van der Waals surface area (Å²) < 4.78 is 12.0. The summed E-state index contributed by atoms with van der Waals surface area (Å²) in [6.45, 7) is 8.35. The number of ether oxygens (including phenoxy) is 2. The highest BCUT2D eigenvalue weighted by atomic mass is 16.5. The molecule has 1 saturated heterocycles. The van der Waals surface area contributed by atoms with Gasteiger partial charge < -0.3 is 19.7 Å². The number of nitrogens with one attached hydrogen (secondary N) is 1. The second-order valence-electron chi connectivity index (χ2n) is 11.0. The predicted octanol–water partition coefficient (Wildman–Crippen LogP) is 6.16. The number of rotatable bonds is 10. The van der Waals surface area contributed by atoms with E-state index in [9.17, 15) is 9.59 Å². The van der Waals surface area contributed by atoms with Crippen LogP contribution in [-0.2, 0) is 9.59 Å². The zero-order chi connectivity index (χ0) is 30.5. The molecular weight excluding hydrogens is 542 g/mol. The van der Waals surface area contributed by atoms with E-state index in [1.807, 2.05) is 92.4 Å². The average Bonchev–Trinajstić information content (AvgIpc) is 3.48. The predicted molar refractivity (Wildman–Crippen MR) is 169 cm³/mol. The Balaban J connectivity index is 1.56. The third-order valence-electron chi connectivity index (χ3n) is 7.51. The minimum Gasteiger partial charge on any atom is -0.490 e. The van der Waals surface area contributed by atoms with Crippen molar-refractivity contribution in [3.63, 3.8) is 0 Å². The maximum absolute atomic E-state index is 14.7. The number of nitrogens with two attached hydrogens (primary N) is 1. The number of carbonyl (C=O) groups excluding carboxylic acids is 2. The van der Waals surface area contributed by atoms with Crippen LogP contribution in [0.15, 0.2) is 79.1 Å². The fraction of sp³-hybridized carbons (Fsp3) is 0.324. The first-order valence-electron chi connectivity index (χ1n) is 14.7. The Morgan fingerprint density at radius 2 is 1.91 bits per heavy atom. The Morgan fingerprint density at radius 1 is 1.07 bits per heavy atom. The number of anilines is 2. The molecule has 3 N–H and O–H groups in total. The van der Waals surface area contributed by atoms with E-state index in [1.165, 1.54) is 6.92 Å². The molecule has 0 radical (unpaired) electrons. The van der Waals surface area contributed by atoms with Gasteiger partial charge in [0.05, 0.1) is 24.4 Å². The Bertz CT molecular complexity index is 1610. The summed E-state index contributed by atoms with van der Waals surface area (Å²) in [4.78, 5) is 32.5. The third-order valence-corrected chi connectivity index (χ3v) is 7.51. The Hall–Kier alpha value is -4.63. The minimum atomic E-state index is -0.842. The van der Waals surface area contributed by atoms with Crippen molar-refractivity contribution < 1.29 is 19.1 Å². The molecule has 0 spiro atoms. The number of hydrogen-bond donors (Lipinski definition) is 2. The van der Waals surface area contributed by atoms with Gasteiger partial charge in [0.25, 0.3) is 5.91 Å². The van der Waals surface area contributed by atoms with Crippen molar-refractivity contribution >= 4 is 34.0 Å². The van der Waals surface area contributed by atoms with Gasteiger partial charge in [-0.15, -0.1) is 0 Å². The van der Waals surface area contributed by atoms with Gasteiger partial charge in [-0.2, -0.15) is 0 Å². The van der Waals surface area contributed by atoms with Crippen molar-refractivity contribution in [1.29, 1.82) is 0 Å². The Kier molecular flexibility index (Phi) is 9.11. The summed E-state index contributed by atoms with van der Waals surface area (Å²) in [6, 6.07) is 20.0. The molecule has 1 aromatic heterocycles. The molecule has 2 atom stereocenters. The number of nitrogens with zero attached hydrogens (tertiary/aromatic N) is 3. The maximum Gasteiger partial charge on any atom is 0.251 e. The van der Waals surface area contributed by atoms with Crippen LogP contribution in [0.2, 0.25) is 0 Å². The van der Waals surface area contributed by atoms with Gasteiger partial charge in [0.1, 0.15) is 6.04 Å². The van der Waals surface area contributed by atoms with Crippen molar-refractivity contribution in [3.05, 3.63) is 90.3 Å². The molecule has 1 aliphatic rings.